The van der Waals surface area contributed by atoms with E-state index in [2.05, 4.69) is 0 Å². The molecule has 1 saturated heterocycles. The first-order valence-electron chi connectivity index (χ1n) is 6.96. The van der Waals surface area contributed by atoms with Gasteiger partial charge in [-0.15, -0.1) is 0 Å². The van der Waals surface area contributed by atoms with Gasteiger partial charge in [0.05, 0.1) is 0 Å². The van der Waals surface area contributed by atoms with Crippen LogP contribution >= 0.6 is 11.8 Å². The highest BCUT2D eigenvalue weighted by Gasteiger charge is 2.28. The highest BCUT2D eigenvalue weighted by molar-refractivity contribution is 7.99. The molecule has 1 aliphatic rings. The Hall–Kier alpha value is -2.94. The van der Waals surface area contributed by atoms with E-state index in [0.29, 0.717) is 28.0 Å². The maximum atomic E-state index is 12.3. The number of imide groups is 2. The van der Waals surface area contributed by atoms with Crippen LogP contribution in [-0.4, -0.2) is 23.6 Å². The standard InChI is InChI=1S/C16H10F2N2O4S/c17-15(18)25-10-4-1-8(2-5-10)12-6-3-9(24-12)7-11-13(21)19-16(23)20-14(11)22/h1-7,15H,(H2,19,20,21,22,23). The number of furan rings is 1. The number of alkyl halides is 2. The lowest BCUT2D eigenvalue weighted by molar-refractivity contribution is -0.123. The molecule has 25 heavy (non-hydrogen) atoms. The number of thioether (sulfide) groups is 1. The number of nitrogens with one attached hydrogen (secondary N) is 2. The number of benzene rings is 1. The lowest BCUT2D eigenvalue weighted by atomic mass is 10.1. The van der Waals surface area contributed by atoms with Crippen molar-refractivity contribution in [3.05, 3.63) is 47.7 Å². The van der Waals surface area contributed by atoms with Gasteiger partial charge in [0.2, 0.25) is 0 Å². The van der Waals surface area contributed by atoms with Gasteiger partial charge in [0.25, 0.3) is 17.6 Å². The quantitative estimate of drug-likeness (QED) is 0.495. The maximum Gasteiger partial charge on any atom is 0.328 e. The molecule has 1 aromatic carbocycles. The molecule has 0 spiro atoms. The van der Waals surface area contributed by atoms with Crippen LogP contribution in [0, 0.1) is 0 Å². The van der Waals surface area contributed by atoms with E-state index in [-0.39, 0.29) is 11.3 Å². The Morgan fingerprint density at radius 1 is 0.960 bits per heavy atom. The number of amides is 4. The van der Waals surface area contributed by atoms with Gasteiger partial charge in [-0.2, -0.15) is 8.78 Å². The first-order valence-corrected chi connectivity index (χ1v) is 7.84. The summed E-state index contributed by atoms with van der Waals surface area (Å²) in [4.78, 5) is 34.7. The van der Waals surface area contributed by atoms with Crippen molar-refractivity contribution in [2.45, 2.75) is 10.7 Å². The average molecular weight is 364 g/mol. The minimum absolute atomic E-state index is 0.232. The molecule has 0 atom stereocenters. The van der Waals surface area contributed by atoms with Gasteiger partial charge in [-0.25, -0.2) is 4.79 Å². The molecular weight excluding hydrogens is 354 g/mol. The van der Waals surface area contributed by atoms with Crippen LogP contribution in [0.4, 0.5) is 13.6 Å². The zero-order chi connectivity index (χ0) is 18.0. The molecule has 2 aromatic rings. The van der Waals surface area contributed by atoms with E-state index in [1.807, 2.05) is 10.6 Å². The van der Waals surface area contributed by atoms with Crippen molar-refractivity contribution < 1.29 is 27.6 Å². The Morgan fingerprint density at radius 3 is 2.20 bits per heavy atom. The van der Waals surface area contributed by atoms with Gasteiger partial charge in [0, 0.05) is 10.5 Å². The highest BCUT2D eigenvalue weighted by atomic mass is 32.2. The van der Waals surface area contributed by atoms with Gasteiger partial charge in [-0.3, -0.25) is 20.2 Å². The molecule has 0 bridgehead atoms. The minimum Gasteiger partial charge on any atom is -0.457 e. The molecule has 128 valence electrons. The largest absolute Gasteiger partial charge is 0.457 e. The van der Waals surface area contributed by atoms with Crippen molar-refractivity contribution in [2.75, 3.05) is 0 Å². The molecule has 0 unspecified atom stereocenters. The average Bonchev–Trinajstić information content (AvgIpc) is 2.99. The van der Waals surface area contributed by atoms with E-state index >= 15 is 0 Å². The van der Waals surface area contributed by atoms with E-state index in [1.165, 1.54) is 6.08 Å². The normalized spacial score (nSPS) is 14.5. The second kappa shape index (κ2) is 6.89. The lowest BCUT2D eigenvalue weighted by Gasteiger charge is -2.13. The summed E-state index contributed by atoms with van der Waals surface area (Å²) in [6.45, 7) is 0. The van der Waals surface area contributed by atoms with E-state index in [9.17, 15) is 23.2 Å². The van der Waals surface area contributed by atoms with Crippen molar-refractivity contribution in [1.29, 1.82) is 0 Å². The minimum atomic E-state index is -2.49. The highest BCUT2D eigenvalue weighted by Crippen LogP contribution is 2.29. The van der Waals surface area contributed by atoms with Crippen LogP contribution in [0.3, 0.4) is 0 Å². The van der Waals surface area contributed by atoms with Crippen LogP contribution in [0.5, 0.6) is 0 Å². The van der Waals surface area contributed by atoms with Crippen LogP contribution in [0.25, 0.3) is 17.4 Å². The fourth-order valence-electron chi connectivity index (χ4n) is 2.13. The SMILES string of the molecule is O=C1NC(=O)C(=Cc2ccc(-c3ccc(SC(F)F)cc3)o2)C(=O)N1. The van der Waals surface area contributed by atoms with Gasteiger partial charge in [0.1, 0.15) is 17.1 Å². The molecule has 0 saturated carbocycles. The Kier molecular flexibility index (Phi) is 4.66. The second-order valence-electron chi connectivity index (χ2n) is 4.90. The third-order valence-corrected chi connectivity index (χ3v) is 3.94. The van der Waals surface area contributed by atoms with Crippen LogP contribution in [-0.2, 0) is 9.59 Å². The summed E-state index contributed by atoms with van der Waals surface area (Å²) in [6, 6.07) is 8.61. The Balaban J connectivity index is 1.80. The number of hydrogen-bond donors (Lipinski definition) is 2. The second-order valence-corrected chi connectivity index (χ2v) is 5.96. The zero-order valence-corrected chi connectivity index (χ0v) is 13.2. The van der Waals surface area contributed by atoms with Crippen molar-refractivity contribution in [2.24, 2.45) is 0 Å². The molecule has 3 rings (SSSR count). The van der Waals surface area contributed by atoms with Gasteiger partial charge in [-0.1, -0.05) is 23.9 Å². The molecule has 1 aromatic heterocycles. The Morgan fingerprint density at radius 2 is 1.60 bits per heavy atom. The van der Waals surface area contributed by atoms with Crippen molar-refractivity contribution in [1.82, 2.24) is 10.6 Å². The smallest absolute Gasteiger partial charge is 0.328 e. The number of rotatable bonds is 4. The third-order valence-electron chi connectivity index (χ3n) is 3.22. The molecule has 0 aliphatic carbocycles. The summed E-state index contributed by atoms with van der Waals surface area (Å²) in [5, 5.41) is 3.91. The van der Waals surface area contributed by atoms with E-state index in [4.69, 9.17) is 4.42 Å². The summed E-state index contributed by atoms with van der Waals surface area (Å²) in [6.07, 6.45) is 1.21. The van der Waals surface area contributed by atoms with Crippen LogP contribution in [0.15, 0.2) is 51.3 Å². The van der Waals surface area contributed by atoms with Crippen molar-refractivity contribution >= 4 is 35.7 Å². The van der Waals surface area contributed by atoms with E-state index in [1.54, 1.807) is 36.4 Å². The molecule has 4 amide bonds. The zero-order valence-electron chi connectivity index (χ0n) is 12.4. The molecule has 2 heterocycles. The molecule has 6 nitrogen and oxygen atoms in total. The predicted octanol–water partition coefficient (Wildman–Crippen LogP) is 3.01. The molecule has 2 N–H and O–H groups in total. The van der Waals surface area contributed by atoms with E-state index < -0.39 is 23.6 Å². The van der Waals surface area contributed by atoms with Gasteiger partial charge < -0.3 is 4.42 Å². The van der Waals surface area contributed by atoms with Crippen LogP contribution in [0.1, 0.15) is 5.76 Å². The monoisotopic (exact) mass is 364 g/mol. The number of carbonyl (C=O) groups excluding carboxylic acids is 3. The van der Waals surface area contributed by atoms with Crippen LogP contribution < -0.4 is 10.6 Å². The summed E-state index contributed by atoms with van der Waals surface area (Å²) in [5.74, 6) is -3.46. The topological polar surface area (TPSA) is 88.4 Å². The summed E-state index contributed by atoms with van der Waals surface area (Å²) in [5.41, 5.74) is 0.389. The van der Waals surface area contributed by atoms with Gasteiger partial charge >= 0.3 is 6.03 Å². The van der Waals surface area contributed by atoms with Gasteiger partial charge in [-0.05, 0) is 30.3 Å². The molecule has 9 heteroatoms. The summed E-state index contributed by atoms with van der Waals surface area (Å²) < 4.78 is 30.2. The lowest BCUT2D eigenvalue weighted by Crippen LogP contribution is -2.51. The van der Waals surface area contributed by atoms with Crippen molar-refractivity contribution in [3.8, 4) is 11.3 Å². The molecule has 0 radical (unpaired) electrons. The predicted molar refractivity (Wildman–Crippen MR) is 85.7 cm³/mol. The fraction of sp³-hybridized carbons (Fsp3) is 0.0625. The maximum absolute atomic E-state index is 12.3. The Bertz CT molecular complexity index is 853. The number of urea groups is 1. The molecular formula is C16H10F2N2O4S. The first-order chi connectivity index (χ1) is 11.9. The first kappa shape index (κ1) is 16.9. The van der Waals surface area contributed by atoms with Gasteiger partial charge in [0.15, 0.2) is 0 Å². The third kappa shape index (κ3) is 3.94. The molecule has 1 aliphatic heterocycles. The summed E-state index contributed by atoms with van der Waals surface area (Å²) in [7, 11) is 0. The van der Waals surface area contributed by atoms with Crippen LogP contribution in [0.2, 0.25) is 0 Å². The van der Waals surface area contributed by atoms with Crippen molar-refractivity contribution in [3.63, 3.8) is 0 Å². The van der Waals surface area contributed by atoms with E-state index in [0.717, 1.165) is 0 Å². The molecule has 1 fully saturated rings. The number of halogens is 2. The number of barbiturate groups is 1. The number of carbonyl (C=O) groups is 3. The summed E-state index contributed by atoms with van der Waals surface area (Å²) >= 11 is 0.442. The fourth-order valence-corrected chi connectivity index (χ4v) is 2.63. The Labute approximate surface area is 144 Å². The number of hydrogen-bond acceptors (Lipinski definition) is 5.